The summed E-state index contributed by atoms with van der Waals surface area (Å²) in [7, 11) is 3.43. The number of carbonyl (C=O) groups excluding carboxylic acids is 1. The van der Waals surface area contributed by atoms with Crippen molar-refractivity contribution in [2.75, 3.05) is 27.3 Å². The van der Waals surface area contributed by atoms with Crippen molar-refractivity contribution in [3.05, 3.63) is 59.2 Å². The number of hydrogen-bond donors (Lipinski definition) is 1. The van der Waals surface area contributed by atoms with Gasteiger partial charge < -0.3 is 19.7 Å². The average molecular weight is 340 g/mol. The molecule has 1 aliphatic heterocycles. The maximum absolute atomic E-state index is 12.5. The largest absolute Gasteiger partial charge is 0.497 e. The summed E-state index contributed by atoms with van der Waals surface area (Å²) in [4.78, 5) is 14.1. The number of benzene rings is 2. The lowest BCUT2D eigenvalue weighted by Crippen LogP contribution is -2.39. The molecule has 1 heterocycles. The molecule has 132 valence electrons. The average Bonchev–Trinajstić information content (AvgIpc) is 3.13. The van der Waals surface area contributed by atoms with Crippen molar-refractivity contribution in [2.24, 2.45) is 0 Å². The van der Waals surface area contributed by atoms with Crippen LogP contribution in [0.5, 0.6) is 11.5 Å². The van der Waals surface area contributed by atoms with Crippen molar-refractivity contribution in [1.29, 1.82) is 0 Å². The number of hydrogen-bond acceptors (Lipinski definition) is 3. The highest BCUT2D eigenvalue weighted by atomic mass is 16.5. The molecule has 2 aromatic carbocycles. The molecule has 1 atom stereocenters. The van der Waals surface area contributed by atoms with Crippen LogP contribution in [0.25, 0.3) is 0 Å². The number of nitrogens with zero attached hydrogens (tertiary/aromatic N) is 1. The highest BCUT2D eigenvalue weighted by molar-refractivity contribution is 5.75. The van der Waals surface area contributed by atoms with Gasteiger partial charge >= 0.3 is 6.03 Å². The molecule has 0 fully saturated rings. The van der Waals surface area contributed by atoms with Gasteiger partial charge in [0.05, 0.1) is 19.8 Å². The first kappa shape index (κ1) is 17.1. The van der Waals surface area contributed by atoms with Crippen molar-refractivity contribution in [3.63, 3.8) is 0 Å². The van der Waals surface area contributed by atoms with Crippen LogP contribution in [0.3, 0.4) is 0 Å². The number of methoxy groups -OCH3 is 1. The summed E-state index contributed by atoms with van der Waals surface area (Å²) in [6.45, 7) is 3.32. The van der Waals surface area contributed by atoms with E-state index in [-0.39, 0.29) is 12.1 Å². The van der Waals surface area contributed by atoms with Gasteiger partial charge in [-0.3, -0.25) is 0 Å². The predicted octanol–water partition coefficient (Wildman–Crippen LogP) is 3.38. The third kappa shape index (κ3) is 3.71. The number of amides is 2. The van der Waals surface area contributed by atoms with Gasteiger partial charge in [-0.15, -0.1) is 0 Å². The fraction of sp³-hybridized carbons (Fsp3) is 0.350. The van der Waals surface area contributed by atoms with Crippen LogP contribution in [-0.4, -0.2) is 38.2 Å². The Balaban J connectivity index is 1.94. The lowest BCUT2D eigenvalue weighted by Gasteiger charge is -2.24. The number of ether oxygens (including phenoxy) is 2. The summed E-state index contributed by atoms with van der Waals surface area (Å²) in [5.41, 5.74) is 3.25. The van der Waals surface area contributed by atoms with E-state index in [0.29, 0.717) is 6.54 Å². The number of fused-ring (bicyclic) bond motifs is 1. The van der Waals surface area contributed by atoms with Crippen molar-refractivity contribution in [1.82, 2.24) is 10.2 Å². The first-order valence-electron chi connectivity index (χ1n) is 8.53. The molecular weight excluding hydrogens is 316 g/mol. The molecule has 1 aliphatic rings. The van der Waals surface area contributed by atoms with Crippen LogP contribution < -0.4 is 14.8 Å². The van der Waals surface area contributed by atoms with Gasteiger partial charge in [-0.25, -0.2) is 4.79 Å². The molecule has 0 aromatic heterocycles. The lowest BCUT2D eigenvalue weighted by atomic mass is 9.96. The molecule has 5 heteroatoms. The summed E-state index contributed by atoms with van der Waals surface area (Å²) >= 11 is 0. The van der Waals surface area contributed by atoms with Gasteiger partial charge in [0, 0.05) is 20.0 Å². The van der Waals surface area contributed by atoms with Crippen molar-refractivity contribution < 1.29 is 14.3 Å². The quantitative estimate of drug-likeness (QED) is 0.908. The van der Waals surface area contributed by atoms with E-state index < -0.39 is 0 Å². The maximum atomic E-state index is 12.5. The van der Waals surface area contributed by atoms with Gasteiger partial charge in [-0.2, -0.15) is 0 Å². The minimum Gasteiger partial charge on any atom is -0.497 e. The molecule has 3 rings (SSSR count). The van der Waals surface area contributed by atoms with Crippen LogP contribution in [-0.2, 0) is 6.42 Å². The molecule has 1 N–H and O–H groups in total. The predicted molar refractivity (Wildman–Crippen MR) is 97.3 cm³/mol. The molecule has 0 saturated carbocycles. The summed E-state index contributed by atoms with van der Waals surface area (Å²) in [6, 6.07) is 13.6. The smallest absolute Gasteiger partial charge is 0.317 e. The zero-order chi connectivity index (χ0) is 17.8. The second-order valence-electron chi connectivity index (χ2n) is 6.14. The molecule has 2 aromatic rings. The van der Waals surface area contributed by atoms with Crippen LogP contribution in [0.1, 0.15) is 29.7 Å². The Morgan fingerprint density at radius 2 is 1.96 bits per heavy atom. The van der Waals surface area contributed by atoms with Crippen molar-refractivity contribution >= 4 is 6.03 Å². The highest BCUT2D eigenvalue weighted by Gasteiger charge is 2.21. The van der Waals surface area contributed by atoms with E-state index in [9.17, 15) is 4.79 Å². The van der Waals surface area contributed by atoms with Gasteiger partial charge in [-0.1, -0.05) is 18.2 Å². The molecule has 0 spiro atoms. The van der Waals surface area contributed by atoms with E-state index in [0.717, 1.165) is 35.7 Å². The number of urea groups is 1. The van der Waals surface area contributed by atoms with Crippen LogP contribution in [0, 0.1) is 0 Å². The summed E-state index contributed by atoms with van der Waals surface area (Å²) < 4.78 is 10.8. The highest BCUT2D eigenvalue weighted by Crippen LogP contribution is 2.31. The third-order valence-corrected chi connectivity index (χ3v) is 4.58. The molecule has 0 saturated heterocycles. The zero-order valence-corrected chi connectivity index (χ0v) is 14.9. The van der Waals surface area contributed by atoms with Gasteiger partial charge in [0.25, 0.3) is 0 Å². The third-order valence-electron chi connectivity index (χ3n) is 4.58. The normalized spacial score (nSPS) is 13.6. The minimum absolute atomic E-state index is 0.0972. The first-order valence-corrected chi connectivity index (χ1v) is 8.53. The van der Waals surface area contributed by atoms with Crippen LogP contribution in [0.4, 0.5) is 4.79 Å². The standard InChI is InChI=1S/C20H24N2O3/c1-4-22(2)20(23)21-19(14-5-8-17(24-3)9-6-14)16-7-10-18-15(13-16)11-12-25-18/h5-10,13,19H,4,11-12H2,1-3H3,(H,21,23). The minimum atomic E-state index is -0.224. The van der Waals surface area contributed by atoms with E-state index in [2.05, 4.69) is 11.4 Å². The molecule has 0 bridgehead atoms. The van der Waals surface area contributed by atoms with Crippen LogP contribution in [0.2, 0.25) is 0 Å². The Morgan fingerprint density at radius 3 is 2.64 bits per heavy atom. The van der Waals surface area contributed by atoms with Gasteiger partial charge in [0.1, 0.15) is 11.5 Å². The Labute approximate surface area is 148 Å². The fourth-order valence-corrected chi connectivity index (χ4v) is 2.92. The molecule has 0 aliphatic carbocycles. The van der Waals surface area contributed by atoms with E-state index >= 15 is 0 Å². The maximum Gasteiger partial charge on any atom is 0.317 e. The molecule has 2 amide bonds. The first-order chi connectivity index (χ1) is 12.1. The monoisotopic (exact) mass is 340 g/mol. The van der Waals surface area contributed by atoms with E-state index in [1.165, 1.54) is 5.56 Å². The summed E-state index contributed by atoms with van der Waals surface area (Å²) in [5, 5.41) is 3.13. The van der Waals surface area contributed by atoms with Crippen LogP contribution in [0.15, 0.2) is 42.5 Å². The summed E-state index contributed by atoms with van der Waals surface area (Å²) in [5.74, 6) is 1.73. The van der Waals surface area contributed by atoms with E-state index in [1.54, 1.807) is 19.1 Å². The SMILES string of the molecule is CCN(C)C(=O)NC(c1ccc(OC)cc1)c1ccc2c(c1)CCO2. The summed E-state index contributed by atoms with van der Waals surface area (Å²) in [6.07, 6.45) is 0.904. The van der Waals surface area contributed by atoms with Gasteiger partial charge in [0.15, 0.2) is 0 Å². The molecular formula is C20H24N2O3. The van der Waals surface area contributed by atoms with Gasteiger partial charge in [-0.05, 0) is 47.9 Å². The molecule has 5 nitrogen and oxygen atoms in total. The Morgan fingerprint density at radius 1 is 1.24 bits per heavy atom. The number of rotatable bonds is 5. The topological polar surface area (TPSA) is 50.8 Å². The second-order valence-corrected chi connectivity index (χ2v) is 6.14. The van der Waals surface area contributed by atoms with Gasteiger partial charge in [0.2, 0.25) is 0 Å². The van der Waals surface area contributed by atoms with E-state index in [4.69, 9.17) is 9.47 Å². The molecule has 25 heavy (non-hydrogen) atoms. The van der Waals surface area contributed by atoms with Crippen molar-refractivity contribution in [3.8, 4) is 11.5 Å². The van der Waals surface area contributed by atoms with E-state index in [1.807, 2.05) is 43.3 Å². The second kappa shape index (κ2) is 7.47. The molecule has 0 radical (unpaired) electrons. The zero-order valence-electron chi connectivity index (χ0n) is 14.9. The van der Waals surface area contributed by atoms with Crippen LogP contribution >= 0.6 is 0 Å². The Hall–Kier alpha value is -2.69. The Kier molecular flexibility index (Phi) is 5.12. The Bertz CT molecular complexity index is 743. The fourth-order valence-electron chi connectivity index (χ4n) is 2.92. The van der Waals surface area contributed by atoms with Crippen molar-refractivity contribution in [2.45, 2.75) is 19.4 Å². The molecule has 1 unspecified atom stereocenters. The number of nitrogens with one attached hydrogen (secondary N) is 1. The lowest BCUT2D eigenvalue weighted by molar-refractivity contribution is 0.208. The number of carbonyl (C=O) groups is 1.